The highest BCUT2D eigenvalue weighted by atomic mass is 31.1. The van der Waals surface area contributed by atoms with Crippen LogP contribution in [-0.4, -0.2) is 5.90 Å². The number of nitrogens with zero attached hydrogens (tertiary/aromatic N) is 1. The Morgan fingerprint density at radius 3 is 1.56 bits per heavy atom. The minimum Gasteiger partial charge on any atom is -0.467 e. The Bertz CT molecular complexity index is 1410. The van der Waals surface area contributed by atoms with Crippen molar-refractivity contribution >= 4 is 29.7 Å². The molecule has 0 spiro atoms. The second kappa shape index (κ2) is 10.3. The van der Waals surface area contributed by atoms with Crippen LogP contribution in [0.3, 0.4) is 0 Å². The van der Waals surface area contributed by atoms with Gasteiger partial charge in [-0.1, -0.05) is 140 Å². The summed E-state index contributed by atoms with van der Waals surface area (Å²) in [6.45, 7) is 0. The molecule has 2 nitrogen and oxygen atoms in total. The normalized spacial score (nSPS) is 17.0. The molecule has 174 valence electrons. The highest BCUT2D eigenvalue weighted by molar-refractivity contribution is 7.80. The molecule has 0 aromatic heterocycles. The second-order valence-corrected chi connectivity index (χ2v) is 10.9. The number of aliphatic imine (C=N–C) groups is 1. The quantitative estimate of drug-likeness (QED) is 0.246. The molecule has 2 atom stereocenters. The lowest BCUT2D eigenvalue weighted by Crippen LogP contribution is -2.25. The van der Waals surface area contributed by atoms with Crippen LogP contribution in [0, 0.1) is 0 Å². The summed E-state index contributed by atoms with van der Waals surface area (Å²) in [4.78, 5) is 5.22. The summed E-state index contributed by atoms with van der Waals surface area (Å²) in [7, 11) is -0.781. The topological polar surface area (TPSA) is 21.6 Å². The summed E-state index contributed by atoms with van der Waals surface area (Å²) in [5.41, 5.74) is 3.36. The Morgan fingerprint density at radius 1 is 0.500 bits per heavy atom. The summed E-state index contributed by atoms with van der Waals surface area (Å²) in [6.07, 6.45) is -0.170. The molecule has 0 aliphatic carbocycles. The van der Waals surface area contributed by atoms with Gasteiger partial charge in [0.15, 0.2) is 6.10 Å². The Kier molecular flexibility index (Phi) is 6.44. The molecule has 0 N–H and O–H groups in total. The lowest BCUT2D eigenvalue weighted by Gasteiger charge is -2.22. The molecule has 0 saturated carbocycles. The standard InChI is InChI=1S/C33H26NOP/c1-5-15-25(16-6-1)31-32(26-17-7-2-8-18-26)35-33(34-31)29-23-13-14-24-30(29)36(27-19-9-3-10-20-27)28-21-11-4-12-22-28/h1-24,31-32H/t31-,32+/m1/s1. The van der Waals surface area contributed by atoms with Crippen LogP contribution in [0.2, 0.25) is 0 Å². The Labute approximate surface area is 213 Å². The van der Waals surface area contributed by atoms with Gasteiger partial charge >= 0.3 is 0 Å². The van der Waals surface area contributed by atoms with Gasteiger partial charge in [-0.3, -0.25) is 0 Å². The van der Waals surface area contributed by atoms with E-state index in [2.05, 4.69) is 133 Å². The highest BCUT2D eigenvalue weighted by Crippen LogP contribution is 2.42. The molecule has 36 heavy (non-hydrogen) atoms. The number of ether oxygens (including phenoxy) is 1. The van der Waals surface area contributed by atoms with E-state index < -0.39 is 7.92 Å². The van der Waals surface area contributed by atoms with Gasteiger partial charge in [-0.05, 0) is 41.0 Å². The van der Waals surface area contributed by atoms with E-state index in [1.54, 1.807) is 0 Å². The fourth-order valence-electron chi connectivity index (χ4n) is 4.77. The molecule has 6 rings (SSSR count). The zero-order chi connectivity index (χ0) is 24.2. The van der Waals surface area contributed by atoms with Crippen molar-refractivity contribution < 1.29 is 4.74 Å². The van der Waals surface area contributed by atoms with E-state index in [9.17, 15) is 0 Å². The van der Waals surface area contributed by atoms with Crippen LogP contribution in [-0.2, 0) is 4.74 Å². The van der Waals surface area contributed by atoms with Crippen molar-refractivity contribution in [3.8, 4) is 0 Å². The molecule has 5 aromatic rings. The largest absolute Gasteiger partial charge is 0.467 e. The summed E-state index contributed by atoms with van der Waals surface area (Å²) >= 11 is 0. The molecule has 0 unspecified atom stereocenters. The summed E-state index contributed by atoms with van der Waals surface area (Å²) < 4.78 is 6.72. The lowest BCUT2D eigenvalue weighted by molar-refractivity contribution is 0.197. The number of hydrogen-bond acceptors (Lipinski definition) is 2. The fraction of sp³-hybridized carbons (Fsp3) is 0.0606. The Hall–Kier alpha value is -4.00. The fourth-order valence-corrected chi connectivity index (χ4v) is 7.21. The molecular weight excluding hydrogens is 457 g/mol. The van der Waals surface area contributed by atoms with Crippen molar-refractivity contribution in [2.75, 3.05) is 0 Å². The second-order valence-electron chi connectivity index (χ2n) is 8.76. The maximum absolute atomic E-state index is 6.72. The molecule has 0 saturated heterocycles. The van der Waals surface area contributed by atoms with Crippen LogP contribution in [0.5, 0.6) is 0 Å². The van der Waals surface area contributed by atoms with Gasteiger partial charge in [0.1, 0.15) is 6.04 Å². The predicted octanol–water partition coefficient (Wildman–Crippen LogP) is 6.70. The van der Waals surface area contributed by atoms with Gasteiger partial charge < -0.3 is 4.74 Å². The van der Waals surface area contributed by atoms with E-state index in [1.807, 2.05) is 12.1 Å². The van der Waals surface area contributed by atoms with Crippen LogP contribution in [0.25, 0.3) is 0 Å². The van der Waals surface area contributed by atoms with E-state index in [1.165, 1.54) is 15.9 Å². The third-order valence-electron chi connectivity index (χ3n) is 6.46. The van der Waals surface area contributed by atoms with Crippen LogP contribution >= 0.6 is 7.92 Å². The van der Waals surface area contributed by atoms with Gasteiger partial charge in [0.2, 0.25) is 5.90 Å². The smallest absolute Gasteiger partial charge is 0.218 e. The summed E-state index contributed by atoms with van der Waals surface area (Å²) in [5.74, 6) is 0.715. The van der Waals surface area contributed by atoms with E-state index >= 15 is 0 Å². The first-order chi connectivity index (χ1) is 17.9. The summed E-state index contributed by atoms with van der Waals surface area (Å²) in [6, 6.07) is 51.0. The van der Waals surface area contributed by atoms with Crippen LogP contribution in [0.1, 0.15) is 28.8 Å². The van der Waals surface area contributed by atoms with Crippen LogP contribution < -0.4 is 15.9 Å². The van der Waals surface area contributed by atoms with Gasteiger partial charge in [0.25, 0.3) is 0 Å². The van der Waals surface area contributed by atoms with Crippen molar-refractivity contribution in [3.05, 3.63) is 162 Å². The van der Waals surface area contributed by atoms with E-state index in [4.69, 9.17) is 9.73 Å². The first-order valence-corrected chi connectivity index (χ1v) is 13.6. The number of rotatable bonds is 6. The molecule has 5 aromatic carbocycles. The van der Waals surface area contributed by atoms with Gasteiger partial charge in [-0.25, -0.2) is 4.99 Å². The first kappa shape index (κ1) is 22.5. The minimum absolute atomic E-state index is 0.101. The maximum Gasteiger partial charge on any atom is 0.218 e. The average molecular weight is 484 g/mol. The molecular formula is C33H26NOP. The Balaban J connectivity index is 1.48. The van der Waals surface area contributed by atoms with Gasteiger partial charge in [-0.2, -0.15) is 0 Å². The Morgan fingerprint density at radius 2 is 0.972 bits per heavy atom. The summed E-state index contributed by atoms with van der Waals surface area (Å²) in [5, 5.41) is 3.87. The van der Waals surface area contributed by atoms with Crippen molar-refractivity contribution in [1.82, 2.24) is 0 Å². The molecule has 0 radical (unpaired) electrons. The number of hydrogen-bond donors (Lipinski definition) is 0. The predicted molar refractivity (Wildman–Crippen MR) is 151 cm³/mol. The zero-order valence-corrected chi connectivity index (χ0v) is 20.7. The van der Waals surface area contributed by atoms with Crippen molar-refractivity contribution in [2.45, 2.75) is 12.1 Å². The molecule has 1 aliphatic rings. The maximum atomic E-state index is 6.72. The van der Waals surface area contributed by atoms with E-state index in [-0.39, 0.29) is 12.1 Å². The molecule has 1 aliphatic heterocycles. The van der Waals surface area contributed by atoms with Crippen molar-refractivity contribution in [3.63, 3.8) is 0 Å². The van der Waals surface area contributed by atoms with Gasteiger partial charge in [0.05, 0.1) is 0 Å². The first-order valence-electron chi connectivity index (χ1n) is 12.2. The molecule has 0 fully saturated rings. The van der Waals surface area contributed by atoms with Gasteiger partial charge in [-0.15, -0.1) is 0 Å². The highest BCUT2D eigenvalue weighted by Gasteiger charge is 2.35. The zero-order valence-electron chi connectivity index (χ0n) is 19.8. The third kappa shape index (κ3) is 4.49. The van der Waals surface area contributed by atoms with Crippen LogP contribution in [0.15, 0.2) is 151 Å². The molecule has 0 amide bonds. The van der Waals surface area contributed by atoms with E-state index in [0.717, 1.165) is 16.7 Å². The SMILES string of the molecule is c1ccc([C@H]2N=C(c3ccccc3P(c3ccccc3)c3ccccc3)O[C@H]2c2ccccc2)cc1. The van der Waals surface area contributed by atoms with E-state index in [0.29, 0.717) is 5.90 Å². The molecule has 1 heterocycles. The van der Waals surface area contributed by atoms with Crippen LogP contribution in [0.4, 0.5) is 0 Å². The number of benzene rings is 5. The molecule has 0 bridgehead atoms. The average Bonchev–Trinajstić information content (AvgIpc) is 3.41. The third-order valence-corrected chi connectivity index (χ3v) is 8.96. The monoisotopic (exact) mass is 483 g/mol. The van der Waals surface area contributed by atoms with Gasteiger partial charge in [0, 0.05) is 5.56 Å². The van der Waals surface area contributed by atoms with Crippen molar-refractivity contribution in [2.24, 2.45) is 4.99 Å². The van der Waals surface area contributed by atoms with Crippen molar-refractivity contribution in [1.29, 1.82) is 0 Å². The molecule has 3 heteroatoms. The minimum atomic E-state index is -0.781. The lowest BCUT2D eigenvalue weighted by atomic mass is 9.97.